The molecule has 0 bridgehead atoms. The second kappa shape index (κ2) is 10.0. The van der Waals surface area contributed by atoms with Gasteiger partial charge in [0.15, 0.2) is 11.5 Å². The van der Waals surface area contributed by atoms with Crippen molar-refractivity contribution < 1.29 is 37.7 Å². The zero-order valence-corrected chi connectivity index (χ0v) is 20.9. The number of carboxylic acids is 1. The largest absolute Gasteiger partial charge is 0.481 e. The molecule has 2 aliphatic rings. The van der Waals surface area contributed by atoms with E-state index in [0.29, 0.717) is 41.4 Å². The lowest BCUT2D eigenvalue weighted by Crippen LogP contribution is -2.33. The van der Waals surface area contributed by atoms with Crippen LogP contribution in [0.25, 0.3) is 11.3 Å². The van der Waals surface area contributed by atoms with Crippen LogP contribution in [0.3, 0.4) is 0 Å². The number of aromatic nitrogens is 1. The summed E-state index contributed by atoms with van der Waals surface area (Å²) in [5.41, 5.74) is 1.36. The summed E-state index contributed by atoms with van der Waals surface area (Å²) < 4.78 is 38.0. The number of hydrogen-bond acceptors (Lipinski definition) is 8. The van der Waals surface area contributed by atoms with E-state index in [1.165, 1.54) is 12.1 Å². The highest BCUT2D eigenvalue weighted by Crippen LogP contribution is 2.51. The molecule has 11 nitrogen and oxygen atoms in total. The van der Waals surface area contributed by atoms with Crippen molar-refractivity contribution in [2.24, 2.45) is 0 Å². The van der Waals surface area contributed by atoms with Crippen LogP contribution in [-0.2, 0) is 25.0 Å². The molecule has 1 aromatic heterocycles. The number of carboxylic acid groups (broad SMARTS) is 1. The van der Waals surface area contributed by atoms with Gasteiger partial charge < -0.3 is 25.0 Å². The Morgan fingerprint density at radius 1 is 1.03 bits per heavy atom. The Morgan fingerprint density at radius 3 is 2.47 bits per heavy atom. The van der Waals surface area contributed by atoms with E-state index in [4.69, 9.17) is 14.6 Å². The number of aliphatic carboxylic acids is 1. The number of nitrogens with zero attached hydrogens (tertiary/aromatic N) is 1. The lowest BCUT2D eigenvalue weighted by molar-refractivity contribution is -0.139. The number of carbonyl (C=O) groups is 2. The van der Waals surface area contributed by atoms with E-state index in [1.807, 2.05) is 18.2 Å². The molecule has 1 fully saturated rings. The van der Waals surface area contributed by atoms with Crippen molar-refractivity contribution in [3.8, 4) is 22.8 Å². The number of pyridine rings is 1. The van der Waals surface area contributed by atoms with Crippen molar-refractivity contribution in [2.75, 3.05) is 18.7 Å². The van der Waals surface area contributed by atoms with E-state index in [-0.39, 0.29) is 17.6 Å². The van der Waals surface area contributed by atoms with E-state index in [0.717, 1.165) is 5.56 Å². The molecule has 0 spiro atoms. The van der Waals surface area contributed by atoms with E-state index in [9.17, 15) is 23.1 Å². The fraction of sp³-hybridized carbons (Fsp3) is 0.269. The molecule has 1 aliphatic heterocycles. The van der Waals surface area contributed by atoms with Crippen LogP contribution < -0.4 is 19.5 Å². The summed E-state index contributed by atoms with van der Waals surface area (Å²) in [5.74, 6) is 0.250. The van der Waals surface area contributed by atoms with Crippen molar-refractivity contribution >= 4 is 27.7 Å². The maximum atomic E-state index is 13.2. The normalized spacial score (nSPS) is 16.0. The number of anilines is 1. The number of nitrogens with one attached hydrogen (secondary N) is 2. The first-order valence-electron chi connectivity index (χ1n) is 11.8. The van der Waals surface area contributed by atoms with Gasteiger partial charge in [0, 0.05) is 12.1 Å². The standard InChI is InChI=1S/C26H25N3O8S/c30-18(13-24(31)32)14-27-38(34,35)19-7-4-16(5-8-19)20-2-1-3-23(28-20)29-25(33)26(10-11-26)17-6-9-21-22(12-17)37-15-36-21/h1-9,12,18,27,30H,10-11,13-15H2,(H,31,32)(H,28,29,33). The highest BCUT2D eigenvalue weighted by atomic mass is 32.2. The van der Waals surface area contributed by atoms with Crippen LogP contribution in [0.15, 0.2) is 65.6 Å². The second-order valence-electron chi connectivity index (χ2n) is 9.14. The van der Waals surface area contributed by atoms with Gasteiger partial charge in [-0.05, 0) is 54.8 Å². The summed E-state index contributed by atoms with van der Waals surface area (Å²) in [6, 6.07) is 16.6. The maximum Gasteiger partial charge on any atom is 0.306 e. The fourth-order valence-corrected chi connectivity index (χ4v) is 5.31. The number of amides is 1. The van der Waals surface area contributed by atoms with E-state index >= 15 is 0 Å². The Balaban J connectivity index is 1.26. The molecule has 0 radical (unpaired) electrons. The molecule has 1 amide bonds. The molecule has 198 valence electrons. The van der Waals surface area contributed by atoms with Crippen LogP contribution >= 0.6 is 0 Å². The number of carbonyl (C=O) groups excluding carboxylic acids is 1. The number of ether oxygens (including phenoxy) is 2. The summed E-state index contributed by atoms with van der Waals surface area (Å²) in [4.78, 5) is 28.3. The Morgan fingerprint density at radius 2 is 1.76 bits per heavy atom. The minimum atomic E-state index is -3.95. The number of rotatable bonds is 10. The number of aliphatic hydroxyl groups excluding tert-OH is 1. The van der Waals surface area contributed by atoms with Crippen molar-refractivity contribution in [3.63, 3.8) is 0 Å². The molecule has 38 heavy (non-hydrogen) atoms. The van der Waals surface area contributed by atoms with Gasteiger partial charge in [-0.15, -0.1) is 0 Å². The zero-order valence-electron chi connectivity index (χ0n) is 20.1. The number of fused-ring (bicyclic) bond motifs is 1. The molecule has 3 aromatic rings. The van der Waals surface area contributed by atoms with Crippen molar-refractivity contribution in [2.45, 2.75) is 35.7 Å². The quantitative estimate of drug-likeness (QED) is 0.302. The van der Waals surface area contributed by atoms with Gasteiger partial charge in [0.2, 0.25) is 22.7 Å². The molecule has 1 atom stereocenters. The maximum absolute atomic E-state index is 13.2. The molecule has 1 saturated carbocycles. The van der Waals surface area contributed by atoms with E-state index in [2.05, 4.69) is 15.0 Å². The summed E-state index contributed by atoms with van der Waals surface area (Å²) in [7, 11) is -3.95. The monoisotopic (exact) mass is 539 g/mol. The summed E-state index contributed by atoms with van der Waals surface area (Å²) in [6.07, 6.45) is -0.508. The smallest absolute Gasteiger partial charge is 0.306 e. The average molecular weight is 540 g/mol. The van der Waals surface area contributed by atoms with Gasteiger partial charge in [-0.3, -0.25) is 9.59 Å². The molecule has 4 N–H and O–H groups in total. The number of aliphatic hydroxyl groups is 1. The van der Waals surface area contributed by atoms with Crippen LogP contribution in [0.4, 0.5) is 5.82 Å². The van der Waals surface area contributed by atoms with Crippen LogP contribution in [0.2, 0.25) is 0 Å². The minimum Gasteiger partial charge on any atom is -0.481 e. The Labute approximate surface area is 218 Å². The third-order valence-electron chi connectivity index (χ3n) is 6.48. The van der Waals surface area contributed by atoms with Crippen LogP contribution in [0.1, 0.15) is 24.8 Å². The van der Waals surface area contributed by atoms with Gasteiger partial charge in [-0.2, -0.15) is 0 Å². The highest BCUT2D eigenvalue weighted by molar-refractivity contribution is 7.89. The molecule has 0 saturated heterocycles. The summed E-state index contributed by atoms with van der Waals surface area (Å²) in [6.45, 7) is -0.262. The fourth-order valence-electron chi connectivity index (χ4n) is 4.23. The molecule has 1 aliphatic carbocycles. The molecule has 1 unspecified atom stereocenters. The molecule has 2 heterocycles. The molecule has 12 heteroatoms. The first-order chi connectivity index (χ1) is 18.2. The lowest BCUT2D eigenvalue weighted by Gasteiger charge is -2.16. The van der Waals surface area contributed by atoms with Gasteiger partial charge in [0.05, 0.1) is 28.5 Å². The lowest BCUT2D eigenvalue weighted by atomic mass is 9.94. The topological polar surface area (TPSA) is 164 Å². The van der Waals surface area contributed by atoms with Crippen molar-refractivity contribution in [1.29, 1.82) is 0 Å². The van der Waals surface area contributed by atoms with Crippen LogP contribution in [0.5, 0.6) is 11.5 Å². The van der Waals surface area contributed by atoms with Gasteiger partial charge in [0.1, 0.15) is 5.82 Å². The molecular weight excluding hydrogens is 514 g/mol. The Hall–Kier alpha value is -4.00. The van der Waals surface area contributed by atoms with Gasteiger partial charge >= 0.3 is 5.97 Å². The van der Waals surface area contributed by atoms with Crippen LogP contribution in [-0.4, -0.2) is 54.9 Å². The first-order valence-corrected chi connectivity index (χ1v) is 13.3. The predicted octanol–water partition coefficient (Wildman–Crippen LogP) is 2.26. The van der Waals surface area contributed by atoms with E-state index in [1.54, 1.807) is 30.3 Å². The minimum absolute atomic E-state index is 0.0485. The van der Waals surface area contributed by atoms with Gasteiger partial charge in [-0.1, -0.05) is 24.3 Å². The highest BCUT2D eigenvalue weighted by Gasteiger charge is 2.51. The Bertz CT molecular complexity index is 1490. The second-order valence-corrected chi connectivity index (χ2v) is 10.9. The molecule has 2 aromatic carbocycles. The predicted molar refractivity (Wildman–Crippen MR) is 135 cm³/mol. The average Bonchev–Trinajstić information content (AvgIpc) is 3.58. The molecular formula is C26H25N3O8S. The van der Waals surface area contributed by atoms with Gasteiger partial charge in [-0.25, -0.2) is 18.1 Å². The third-order valence-corrected chi connectivity index (χ3v) is 7.92. The van der Waals surface area contributed by atoms with Crippen molar-refractivity contribution in [3.05, 3.63) is 66.2 Å². The Kier molecular flexibility index (Phi) is 6.78. The number of hydrogen-bond donors (Lipinski definition) is 4. The van der Waals surface area contributed by atoms with Crippen LogP contribution in [0, 0.1) is 0 Å². The zero-order chi connectivity index (χ0) is 26.9. The van der Waals surface area contributed by atoms with Crippen molar-refractivity contribution in [1.82, 2.24) is 9.71 Å². The summed E-state index contributed by atoms with van der Waals surface area (Å²) in [5, 5.41) is 21.2. The van der Waals surface area contributed by atoms with Gasteiger partial charge in [0.25, 0.3) is 0 Å². The third kappa shape index (κ3) is 5.32. The SMILES string of the molecule is O=C(O)CC(O)CNS(=O)(=O)c1ccc(-c2cccc(NC(=O)C3(c4ccc5c(c4)OCO5)CC3)n2)cc1. The number of sulfonamides is 1. The van der Waals surface area contributed by atoms with E-state index < -0.39 is 40.5 Å². The summed E-state index contributed by atoms with van der Waals surface area (Å²) >= 11 is 0. The number of benzene rings is 2. The first kappa shape index (κ1) is 25.6. The molecule has 5 rings (SSSR count).